The third kappa shape index (κ3) is 6.22. The van der Waals surface area contributed by atoms with Gasteiger partial charge in [-0.3, -0.25) is 19.3 Å². The summed E-state index contributed by atoms with van der Waals surface area (Å²) in [6, 6.07) is 13.9. The lowest BCUT2D eigenvalue weighted by molar-refractivity contribution is -0.129. The van der Waals surface area contributed by atoms with Gasteiger partial charge >= 0.3 is 0 Å². The van der Waals surface area contributed by atoms with Crippen LogP contribution in [-0.4, -0.2) is 41.2 Å². The number of halogens is 2. The predicted octanol–water partition coefficient (Wildman–Crippen LogP) is 3.07. The maximum Gasteiger partial charge on any atom is 0.237 e. The molecule has 2 aromatic rings. The second-order valence-electron chi connectivity index (χ2n) is 7.83. The molecule has 3 amide bonds. The largest absolute Gasteiger partial charge is 0.368 e. The summed E-state index contributed by atoms with van der Waals surface area (Å²) in [6.07, 6.45) is 0.581. The highest BCUT2D eigenvalue weighted by molar-refractivity contribution is 6.30. The minimum Gasteiger partial charge on any atom is -0.368 e. The molecule has 0 radical (unpaired) electrons. The number of likely N-dealkylation sites (tertiary alicyclic amines) is 1. The van der Waals surface area contributed by atoms with Gasteiger partial charge in [-0.2, -0.15) is 0 Å². The molecule has 7 nitrogen and oxygen atoms in total. The highest BCUT2D eigenvalue weighted by atomic mass is 35.5. The van der Waals surface area contributed by atoms with E-state index in [4.69, 9.17) is 17.3 Å². The van der Waals surface area contributed by atoms with E-state index in [9.17, 15) is 14.4 Å². The standard InChI is InChI=1S/C23H27ClN4O3.ClH/c1-14(23(31)26-12-17-10-19(24)8-9-20(17)27-15(2)29)28-13-18(11-21(28)22(25)30)16-6-4-3-5-7-16;/h3-10,14,18,21H,11-13H2,1-2H3,(H2,25,30)(H,26,31)(H,27,29);1H/t14-,18?,21?;/m0./s1. The van der Waals surface area contributed by atoms with E-state index in [1.165, 1.54) is 6.92 Å². The van der Waals surface area contributed by atoms with Crippen molar-refractivity contribution < 1.29 is 14.4 Å². The number of nitrogens with one attached hydrogen (secondary N) is 2. The molecule has 1 fully saturated rings. The maximum atomic E-state index is 12.9. The predicted molar refractivity (Wildman–Crippen MR) is 128 cm³/mol. The summed E-state index contributed by atoms with van der Waals surface area (Å²) in [5, 5.41) is 6.13. The van der Waals surface area contributed by atoms with Gasteiger partial charge in [0.2, 0.25) is 17.7 Å². The van der Waals surface area contributed by atoms with Crippen LogP contribution < -0.4 is 16.4 Å². The van der Waals surface area contributed by atoms with Crippen LogP contribution in [0.1, 0.15) is 37.3 Å². The number of hydrogen-bond donors (Lipinski definition) is 3. The molecule has 1 saturated heterocycles. The van der Waals surface area contributed by atoms with E-state index >= 15 is 0 Å². The number of carbonyl (C=O) groups excluding carboxylic acids is 3. The number of amides is 3. The van der Waals surface area contributed by atoms with Crippen molar-refractivity contribution in [2.24, 2.45) is 5.73 Å². The van der Waals surface area contributed by atoms with E-state index in [0.29, 0.717) is 29.2 Å². The lowest BCUT2D eigenvalue weighted by atomic mass is 9.96. The van der Waals surface area contributed by atoms with Crippen molar-refractivity contribution in [1.82, 2.24) is 10.2 Å². The van der Waals surface area contributed by atoms with E-state index in [1.54, 1.807) is 25.1 Å². The van der Waals surface area contributed by atoms with E-state index in [2.05, 4.69) is 10.6 Å². The lowest BCUT2D eigenvalue weighted by Gasteiger charge is -2.28. The van der Waals surface area contributed by atoms with Crippen LogP contribution in [0.2, 0.25) is 5.02 Å². The smallest absolute Gasteiger partial charge is 0.237 e. The molecule has 9 heteroatoms. The number of anilines is 1. The van der Waals surface area contributed by atoms with Gasteiger partial charge in [-0.05, 0) is 48.6 Å². The van der Waals surface area contributed by atoms with Crippen molar-refractivity contribution in [3.05, 3.63) is 64.7 Å². The van der Waals surface area contributed by atoms with Gasteiger partial charge in [0, 0.05) is 30.7 Å². The summed E-state index contributed by atoms with van der Waals surface area (Å²) in [7, 11) is 0. The normalized spacial score (nSPS) is 19.0. The summed E-state index contributed by atoms with van der Waals surface area (Å²) in [5.74, 6) is -0.737. The second kappa shape index (κ2) is 11.3. The molecule has 1 heterocycles. The number of carbonyl (C=O) groups is 3. The van der Waals surface area contributed by atoms with Gasteiger partial charge in [-0.15, -0.1) is 12.4 Å². The van der Waals surface area contributed by atoms with Crippen LogP contribution in [0.3, 0.4) is 0 Å². The van der Waals surface area contributed by atoms with Crippen LogP contribution in [0, 0.1) is 0 Å². The number of nitrogens with two attached hydrogens (primary N) is 1. The van der Waals surface area contributed by atoms with Crippen LogP contribution in [0.15, 0.2) is 48.5 Å². The third-order valence-corrected chi connectivity index (χ3v) is 5.88. The Morgan fingerprint density at radius 3 is 2.50 bits per heavy atom. The fourth-order valence-corrected chi connectivity index (χ4v) is 4.23. The molecule has 1 aliphatic heterocycles. The maximum absolute atomic E-state index is 12.9. The van der Waals surface area contributed by atoms with Crippen molar-refractivity contribution in [2.45, 2.75) is 44.8 Å². The van der Waals surface area contributed by atoms with Crippen LogP contribution in [0.4, 0.5) is 5.69 Å². The monoisotopic (exact) mass is 478 g/mol. The Morgan fingerprint density at radius 1 is 1.19 bits per heavy atom. The highest BCUT2D eigenvalue weighted by Crippen LogP contribution is 2.33. The van der Waals surface area contributed by atoms with Gasteiger partial charge < -0.3 is 16.4 Å². The Balaban J connectivity index is 0.00000363. The van der Waals surface area contributed by atoms with Crippen molar-refractivity contribution in [1.29, 1.82) is 0 Å². The van der Waals surface area contributed by atoms with E-state index in [-0.39, 0.29) is 36.7 Å². The van der Waals surface area contributed by atoms with Crippen LogP contribution in [-0.2, 0) is 20.9 Å². The van der Waals surface area contributed by atoms with E-state index < -0.39 is 18.0 Å². The van der Waals surface area contributed by atoms with E-state index in [0.717, 1.165) is 5.56 Å². The first-order valence-corrected chi connectivity index (χ1v) is 10.6. The molecule has 0 spiro atoms. The molecular formula is C23H28Cl2N4O3. The van der Waals surface area contributed by atoms with Crippen LogP contribution >= 0.6 is 24.0 Å². The first-order chi connectivity index (χ1) is 14.8. The van der Waals surface area contributed by atoms with Crippen molar-refractivity contribution in [3.63, 3.8) is 0 Å². The number of primary amides is 1. The molecule has 3 rings (SSSR count). The van der Waals surface area contributed by atoms with Gasteiger partial charge in [-0.1, -0.05) is 41.9 Å². The zero-order valence-electron chi connectivity index (χ0n) is 18.0. The first kappa shape index (κ1) is 25.6. The zero-order chi connectivity index (χ0) is 22.5. The Labute approximate surface area is 199 Å². The first-order valence-electron chi connectivity index (χ1n) is 10.2. The molecule has 32 heavy (non-hydrogen) atoms. The fraction of sp³-hybridized carbons (Fsp3) is 0.348. The quantitative estimate of drug-likeness (QED) is 0.568. The number of rotatable bonds is 7. The summed E-state index contributed by atoms with van der Waals surface area (Å²) >= 11 is 6.08. The summed E-state index contributed by atoms with van der Waals surface area (Å²) in [6.45, 7) is 3.95. The molecule has 2 aromatic carbocycles. The summed E-state index contributed by atoms with van der Waals surface area (Å²) in [5.41, 5.74) is 8.06. The van der Waals surface area contributed by atoms with Crippen molar-refractivity contribution >= 4 is 47.4 Å². The summed E-state index contributed by atoms with van der Waals surface area (Å²) < 4.78 is 0. The van der Waals surface area contributed by atoms with Gasteiger partial charge in [0.05, 0.1) is 12.1 Å². The molecule has 1 aliphatic rings. The molecule has 0 aromatic heterocycles. The SMILES string of the molecule is CC(=O)Nc1ccc(Cl)cc1CNC(=O)[C@H](C)N1CC(c2ccccc2)CC1C(N)=O.Cl. The molecular weight excluding hydrogens is 451 g/mol. The second-order valence-corrected chi connectivity index (χ2v) is 8.27. The summed E-state index contributed by atoms with van der Waals surface area (Å²) in [4.78, 5) is 38.3. The van der Waals surface area contributed by atoms with Gasteiger partial charge in [0.1, 0.15) is 0 Å². The molecule has 2 unspecified atom stereocenters. The average molecular weight is 479 g/mol. The van der Waals surface area contributed by atoms with Gasteiger partial charge in [0.25, 0.3) is 0 Å². The van der Waals surface area contributed by atoms with E-state index in [1.807, 2.05) is 35.2 Å². The fourth-order valence-electron chi connectivity index (χ4n) is 4.04. The van der Waals surface area contributed by atoms with Gasteiger partial charge in [-0.25, -0.2) is 0 Å². The third-order valence-electron chi connectivity index (χ3n) is 5.65. The zero-order valence-corrected chi connectivity index (χ0v) is 19.6. The Morgan fingerprint density at radius 2 is 1.88 bits per heavy atom. The topological polar surface area (TPSA) is 105 Å². The Hall–Kier alpha value is -2.61. The highest BCUT2D eigenvalue weighted by Gasteiger charge is 2.40. The lowest BCUT2D eigenvalue weighted by Crippen LogP contribution is -2.51. The Bertz CT molecular complexity index is 971. The molecule has 172 valence electrons. The molecule has 0 bridgehead atoms. The molecule has 0 aliphatic carbocycles. The average Bonchev–Trinajstić information content (AvgIpc) is 3.19. The van der Waals surface area contributed by atoms with Gasteiger partial charge in [0.15, 0.2) is 0 Å². The molecule has 3 atom stereocenters. The van der Waals surface area contributed by atoms with Crippen molar-refractivity contribution in [3.8, 4) is 0 Å². The molecule has 0 saturated carbocycles. The Kier molecular flexibility index (Phi) is 9.07. The minimum absolute atomic E-state index is 0. The number of benzene rings is 2. The number of hydrogen-bond acceptors (Lipinski definition) is 4. The van der Waals surface area contributed by atoms with Crippen LogP contribution in [0.5, 0.6) is 0 Å². The minimum atomic E-state index is -0.547. The number of nitrogens with zero attached hydrogens (tertiary/aromatic N) is 1. The van der Waals surface area contributed by atoms with Crippen LogP contribution in [0.25, 0.3) is 0 Å². The molecule has 4 N–H and O–H groups in total. The van der Waals surface area contributed by atoms with Crippen molar-refractivity contribution in [2.75, 3.05) is 11.9 Å².